The number of nitrogens with zero attached hydrogens (tertiary/aromatic N) is 4. The summed E-state index contributed by atoms with van der Waals surface area (Å²) in [6.07, 6.45) is 3.42. The van der Waals surface area contributed by atoms with Gasteiger partial charge in [0.15, 0.2) is 5.65 Å². The quantitative estimate of drug-likeness (QED) is 0.581. The molecule has 3 aromatic heterocycles. The molecule has 0 aliphatic heterocycles. The number of benzene rings is 1. The SMILES string of the molecule is COc1ccc2cc(C)c3nn(Cc4ccncc4)c(=O)n3c2c1. The average molecular weight is 320 g/mol. The largest absolute Gasteiger partial charge is 0.497 e. The molecule has 120 valence electrons. The Bertz CT molecular complexity index is 1100. The first-order valence-corrected chi connectivity index (χ1v) is 7.63. The molecule has 0 saturated carbocycles. The number of aromatic nitrogens is 4. The fourth-order valence-corrected chi connectivity index (χ4v) is 2.91. The number of ether oxygens (including phenoxy) is 1. The highest BCUT2D eigenvalue weighted by molar-refractivity contribution is 5.84. The maximum absolute atomic E-state index is 12.9. The summed E-state index contributed by atoms with van der Waals surface area (Å²) in [6.45, 7) is 2.37. The van der Waals surface area contributed by atoms with Gasteiger partial charge in [-0.3, -0.25) is 4.98 Å². The lowest BCUT2D eigenvalue weighted by Crippen LogP contribution is -2.22. The van der Waals surface area contributed by atoms with Gasteiger partial charge in [0.2, 0.25) is 0 Å². The first kappa shape index (κ1) is 14.4. The summed E-state index contributed by atoms with van der Waals surface area (Å²) in [5, 5.41) is 5.50. The lowest BCUT2D eigenvalue weighted by atomic mass is 10.1. The van der Waals surface area contributed by atoms with Crippen LogP contribution in [0.15, 0.2) is 53.6 Å². The predicted octanol–water partition coefficient (Wildman–Crippen LogP) is 2.41. The molecule has 0 saturated heterocycles. The van der Waals surface area contributed by atoms with Crippen LogP contribution >= 0.6 is 0 Å². The van der Waals surface area contributed by atoms with Gasteiger partial charge >= 0.3 is 5.69 Å². The second kappa shape index (κ2) is 5.49. The van der Waals surface area contributed by atoms with Crippen molar-refractivity contribution in [2.45, 2.75) is 13.5 Å². The molecule has 4 aromatic rings. The van der Waals surface area contributed by atoms with Crippen molar-refractivity contribution in [3.8, 4) is 5.75 Å². The van der Waals surface area contributed by atoms with E-state index in [0.29, 0.717) is 17.9 Å². The molecule has 0 bridgehead atoms. The van der Waals surface area contributed by atoms with E-state index in [-0.39, 0.29) is 5.69 Å². The van der Waals surface area contributed by atoms with Crippen LogP contribution in [-0.2, 0) is 6.54 Å². The first-order valence-electron chi connectivity index (χ1n) is 7.63. The average Bonchev–Trinajstić information content (AvgIpc) is 2.93. The minimum Gasteiger partial charge on any atom is -0.497 e. The van der Waals surface area contributed by atoms with Crippen LogP contribution in [0.3, 0.4) is 0 Å². The topological polar surface area (TPSA) is 61.4 Å². The number of aryl methyl sites for hydroxylation is 1. The van der Waals surface area contributed by atoms with Gasteiger partial charge in [-0.25, -0.2) is 13.9 Å². The summed E-state index contributed by atoms with van der Waals surface area (Å²) < 4.78 is 8.42. The number of hydrogen-bond acceptors (Lipinski definition) is 4. The van der Waals surface area contributed by atoms with Crippen LogP contribution in [0.2, 0.25) is 0 Å². The third-order valence-corrected chi connectivity index (χ3v) is 4.12. The zero-order valence-corrected chi connectivity index (χ0v) is 13.4. The Morgan fingerprint density at radius 2 is 1.92 bits per heavy atom. The van der Waals surface area contributed by atoms with E-state index in [0.717, 1.165) is 22.0 Å². The normalized spacial score (nSPS) is 11.2. The van der Waals surface area contributed by atoms with Crippen molar-refractivity contribution >= 4 is 16.6 Å². The van der Waals surface area contributed by atoms with E-state index in [4.69, 9.17) is 4.74 Å². The van der Waals surface area contributed by atoms with E-state index < -0.39 is 0 Å². The number of rotatable bonds is 3. The molecule has 0 N–H and O–H groups in total. The third kappa shape index (κ3) is 2.23. The molecule has 24 heavy (non-hydrogen) atoms. The summed E-state index contributed by atoms with van der Waals surface area (Å²) in [7, 11) is 1.61. The highest BCUT2D eigenvalue weighted by atomic mass is 16.5. The van der Waals surface area contributed by atoms with Crippen molar-refractivity contribution in [2.24, 2.45) is 0 Å². The Labute approximate surface area is 137 Å². The lowest BCUT2D eigenvalue weighted by molar-refractivity contribution is 0.415. The Morgan fingerprint density at radius 3 is 2.67 bits per heavy atom. The number of fused-ring (bicyclic) bond motifs is 3. The Hall–Kier alpha value is -3.15. The van der Waals surface area contributed by atoms with Crippen molar-refractivity contribution in [3.63, 3.8) is 0 Å². The van der Waals surface area contributed by atoms with E-state index in [1.54, 1.807) is 23.9 Å². The van der Waals surface area contributed by atoms with E-state index in [2.05, 4.69) is 10.1 Å². The molecular weight excluding hydrogens is 304 g/mol. The van der Waals surface area contributed by atoms with Crippen LogP contribution in [0.5, 0.6) is 5.75 Å². The van der Waals surface area contributed by atoms with Gasteiger partial charge < -0.3 is 4.74 Å². The minimum atomic E-state index is -0.163. The van der Waals surface area contributed by atoms with Crippen molar-refractivity contribution in [2.75, 3.05) is 7.11 Å². The smallest absolute Gasteiger partial charge is 0.351 e. The maximum atomic E-state index is 12.9. The monoisotopic (exact) mass is 320 g/mol. The van der Waals surface area contributed by atoms with Crippen LogP contribution in [0.1, 0.15) is 11.1 Å². The molecule has 0 amide bonds. The van der Waals surface area contributed by atoms with Crippen LogP contribution < -0.4 is 10.4 Å². The molecule has 4 rings (SSSR count). The second-order valence-corrected chi connectivity index (χ2v) is 5.71. The fourth-order valence-electron chi connectivity index (χ4n) is 2.91. The van der Waals surface area contributed by atoms with E-state index >= 15 is 0 Å². The van der Waals surface area contributed by atoms with Crippen molar-refractivity contribution < 1.29 is 4.74 Å². The predicted molar refractivity (Wildman–Crippen MR) is 91.6 cm³/mol. The van der Waals surface area contributed by atoms with Crippen LogP contribution in [0.4, 0.5) is 0 Å². The Morgan fingerprint density at radius 1 is 1.12 bits per heavy atom. The summed E-state index contributed by atoms with van der Waals surface area (Å²) in [6, 6.07) is 11.5. The molecule has 0 radical (unpaired) electrons. The van der Waals surface area contributed by atoms with Gasteiger partial charge in [-0.15, -0.1) is 5.10 Å². The third-order valence-electron chi connectivity index (χ3n) is 4.12. The zero-order chi connectivity index (χ0) is 16.7. The Balaban J connectivity index is 1.98. The molecule has 0 unspecified atom stereocenters. The van der Waals surface area contributed by atoms with Gasteiger partial charge in [-0.2, -0.15) is 0 Å². The Kier molecular flexibility index (Phi) is 3.30. The van der Waals surface area contributed by atoms with E-state index in [1.807, 2.05) is 43.3 Å². The summed E-state index contributed by atoms with van der Waals surface area (Å²) in [5.41, 5.74) is 3.23. The van der Waals surface area contributed by atoms with Gasteiger partial charge in [0, 0.05) is 18.5 Å². The molecule has 0 aliphatic rings. The molecule has 0 fully saturated rings. The molecule has 3 heterocycles. The summed E-state index contributed by atoms with van der Waals surface area (Å²) in [5.74, 6) is 0.710. The molecule has 0 aliphatic carbocycles. The van der Waals surface area contributed by atoms with Gasteiger partial charge in [0.05, 0.1) is 19.2 Å². The number of hydrogen-bond donors (Lipinski definition) is 0. The van der Waals surface area contributed by atoms with Gasteiger partial charge in [-0.05, 0) is 53.8 Å². The van der Waals surface area contributed by atoms with Crippen molar-refractivity contribution in [1.29, 1.82) is 0 Å². The van der Waals surface area contributed by atoms with Crippen LogP contribution in [0, 0.1) is 6.92 Å². The lowest BCUT2D eigenvalue weighted by Gasteiger charge is -2.05. The summed E-state index contributed by atoms with van der Waals surface area (Å²) in [4.78, 5) is 16.9. The molecule has 0 atom stereocenters. The first-order chi connectivity index (χ1) is 11.7. The fraction of sp³-hybridized carbons (Fsp3) is 0.167. The highest BCUT2D eigenvalue weighted by Gasteiger charge is 2.13. The van der Waals surface area contributed by atoms with Gasteiger partial charge in [0.25, 0.3) is 0 Å². The second-order valence-electron chi connectivity index (χ2n) is 5.71. The summed E-state index contributed by atoms with van der Waals surface area (Å²) >= 11 is 0. The molecule has 0 spiro atoms. The maximum Gasteiger partial charge on any atom is 0.351 e. The van der Waals surface area contributed by atoms with E-state index in [1.165, 1.54) is 4.68 Å². The number of pyridine rings is 2. The minimum absolute atomic E-state index is 0.163. The molecular formula is C18H16N4O2. The van der Waals surface area contributed by atoms with Crippen molar-refractivity contribution in [1.82, 2.24) is 19.2 Å². The van der Waals surface area contributed by atoms with E-state index in [9.17, 15) is 4.79 Å². The van der Waals surface area contributed by atoms with Gasteiger partial charge in [-0.1, -0.05) is 0 Å². The molecule has 1 aromatic carbocycles. The standard InChI is InChI=1S/C18H16N4O2/c1-12-9-14-3-4-15(24-2)10-16(14)22-17(12)20-21(18(22)23)11-13-5-7-19-8-6-13/h3-10H,11H2,1-2H3. The van der Waals surface area contributed by atoms with Crippen LogP contribution in [-0.4, -0.2) is 26.3 Å². The molecule has 6 nitrogen and oxygen atoms in total. The highest BCUT2D eigenvalue weighted by Crippen LogP contribution is 2.23. The van der Waals surface area contributed by atoms with Crippen molar-refractivity contribution in [3.05, 3.63) is 70.4 Å². The zero-order valence-electron chi connectivity index (χ0n) is 13.4. The number of methoxy groups -OCH3 is 1. The molecule has 6 heteroatoms. The van der Waals surface area contributed by atoms with Crippen LogP contribution in [0.25, 0.3) is 16.6 Å². The van der Waals surface area contributed by atoms with Gasteiger partial charge in [0.1, 0.15) is 5.75 Å².